The Labute approximate surface area is 125 Å². The van der Waals surface area contributed by atoms with E-state index in [1.807, 2.05) is 43.3 Å². The largest absolute Gasteiger partial charge is 0.364 e. The monoisotopic (exact) mass is 291 g/mol. The number of nitrogens with one attached hydrogen (secondary N) is 1. The minimum Gasteiger partial charge on any atom is -0.364 e. The number of rotatable bonds is 2. The van der Waals surface area contributed by atoms with Crippen LogP contribution >= 0.6 is 0 Å². The van der Waals surface area contributed by atoms with Gasteiger partial charge in [-0.15, -0.1) is 0 Å². The van der Waals surface area contributed by atoms with E-state index < -0.39 is 5.91 Å². The van der Waals surface area contributed by atoms with Crippen molar-refractivity contribution in [2.75, 3.05) is 0 Å². The lowest BCUT2D eigenvalue weighted by molar-refractivity contribution is 0.0996. The lowest BCUT2D eigenvalue weighted by atomic mass is 10.1. The van der Waals surface area contributed by atoms with Gasteiger partial charge in [-0.2, -0.15) is 10.2 Å². The molecule has 108 valence electrons. The third-order valence-corrected chi connectivity index (χ3v) is 3.74. The molecule has 2 heterocycles. The minimum atomic E-state index is -0.542. The summed E-state index contributed by atoms with van der Waals surface area (Å²) in [5.74, 6) is -0.542. The molecule has 0 radical (unpaired) electrons. The Morgan fingerprint density at radius 3 is 2.86 bits per heavy atom. The van der Waals surface area contributed by atoms with Crippen molar-refractivity contribution in [3.05, 3.63) is 53.9 Å². The van der Waals surface area contributed by atoms with E-state index in [1.54, 1.807) is 10.9 Å². The van der Waals surface area contributed by atoms with Gasteiger partial charge in [0, 0.05) is 10.8 Å². The van der Waals surface area contributed by atoms with E-state index in [2.05, 4.69) is 15.3 Å². The number of hydrogen-bond acceptors (Lipinski definition) is 3. The standard InChI is InChI=1S/C16H13N5O/c1-9-3-2-4-10(7-9)21-15-11(14(20-21)16(17)22)5-6-13-12(15)8-18-19-13/h2-8H,1H3,(H2,17,22)(H,18,19). The molecule has 4 aromatic rings. The number of nitrogens with two attached hydrogens (primary N) is 1. The maximum Gasteiger partial charge on any atom is 0.269 e. The van der Waals surface area contributed by atoms with Gasteiger partial charge in [-0.1, -0.05) is 12.1 Å². The van der Waals surface area contributed by atoms with Gasteiger partial charge >= 0.3 is 0 Å². The molecule has 2 aromatic carbocycles. The van der Waals surface area contributed by atoms with Crippen molar-refractivity contribution in [1.82, 2.24) is 20.0 Å². The molecule has 0 aliphatic rings. The first kappa shape index (κ1) is 12.6. The van der Waals surface area contributed by atoms with Crippen molar-refractivity contribution in [3.63, 3.8) is 0 Å². The van der Waals surface area contributed by atoms with Crippen LogP contribution in [0.25, 0.3) is 27.5 Å². The van der Waals surface area contributed by atoms with E-state index in [4.69, 9.17) is 5.73 Å². The summed E-state index contributed by atoms with van der Waals surface area (Å²) < 4.78 is 1.75. The number of carbonyl (C=O) groups is 1. The molecule has 4 rings (SSSR count). The number of fused-ring (bicyclic) bond motifs is 3. The predicted octanol–water partition coefficient (Wildman–Crippen LogP) is 2.31. The molecule has 2 aromatic heterocycles. The molecule has 0 saturated carbocycles. The summed E-state index contributed by atoms with van der Waals surface area (Å²) in [5.41, 5.74) is 9.45. The smallest absolute Gasteiger partial charge is 0.269 e. The summed E-state index contributed by atoms with van der Waals surface area (Å²) in [6.45, 7) is 2.01. The average Bonchev–Trinajstić information content (AvgIpc) is 3.10. The summed E-state index contributed by atoms with van der Waals surface area (Å²) >= 11 is 0. The Hall–Kier alpha value is -3.15. The quantitative estimate of drug-likeness (QED) is 0.594. The number of amides is 1. The Balaban J connectivity index is 2.17. The molecular formula is C16H13N5O. The fourth-order valence-corrected chi connectivity index (χ4v) is 2.75. The van der Waals surface area contributed by atoms with Crippen LogP contribution < -0.4 is 5.73 Å². The molecule has 0 bridgehead atoms. The second-order valence-corrected chi connectivity index (χ2v) is 5.26. The Morgan fingerprint density at radius 2 is 2.09 bits per heavy atom. The van der Waals surface area contributed by atoms with Crippen molar-refractivity contribution in [1.29, 1.82) is 0 Å². The zero-order valence-electron chi connectivity index (χ0n) is 11.9. The SMILES string of the molecule is Cc1cccc(-n2nc(C(N)=O)c3ccc4[nH]ncc4c32)c1. The Kier molecular flexibility index (Phi) is 2.53. The molecule has 0 aliphatic carbocycles. The first-order valence-electron chi connectivity index (χ1n) is 6.87. The summed E-state index contributed by atoms with van der Waals surface area (Å²) in [5, 5.41) is 13.1. The van der Waals surface area contributed by atoms with Crippen molar-refractivity contribution in [2.24, 2.45) is 5.73 Å². The highest BCUT2D eigenvalue weighted by Gasteiger charge is 2.18. The molecule has 0 unspecified atom stereocenters. The Bertz CT molecular complexity index is 1030. The number of aryl methyl sites for hydroxylation is 1. The number of carbonyl (C=O) groups excluding carboxylic acids is 1. The molecule has 22 heavy (non-hydrogen) atoms. The normalized spacial score (nSPS) is 11.3. The summed E-state index contributed by atoms with van der Waals surface area (Å²) in [7, 11) is 0. The second kappa shape index (κ2) is 4.42. The van der Waals surface area contributed by atoms with Crippen LogP contribution in [0, 0.1) is 6.92 Å². The van der Waals surface area contributed by atoms with Crippen LogP contribution in [0.2, 0.25) is 0 Å². The number of primary amides is 1. The van der Waals surface area contributed by atoms with E-state index in [-0.39, 0.29) is 5.69 Å². The number of nitrogens with zero attached hydrogens (tertiary/aromatic N) is 3. The van der Waals surface area contributed by atoms with Crippen LogP contribution in [0.4, 0.5) is 0 Å². The molecule has 3 N–H and O–H groups in total. The molecule has 0 saturated heterocycles. The van der Waals surface area contributed by atoms with Gasteiger partial charge in [-0.25, -0.2) is 4.68 Å². The van der Waals surface area contributed by atoms with E-state index in [1.165, 1.54) is 0 Å². The lowest BCUT2D eigenvalue weighted by Crippen LogP contribution is -2.12. The molecule has 0 spiro atoms. The highest BCUT2D eigenvalue weighted by Crippen LogP contribution is 2.28. The van der Waals surface area contributed by atoms with Crippen molar-refractivity contribution in [2.45, 2.75) is 6.92 Å². The lowest BCUT2D eigenvalue weighted by Gasteiger charge is -2.05. The van der Waals surface area contributed by atoms with Crippen LogP contribution in [-0.2, 0) is 0 Å². The maximum atomic E-state index is 11.7. The third kappa shape index (κ3) is 1.70. The Morgan fingerprint density at radius 1 is 1.23 bits per heavy atom. The molecule has 0 atom stereocenters. The van der Waals surface area contributed by atoms with Crippen LogP contribution in [0.15, 0.2) is 42.6 Å². The topological polar surface area (TPSA) is 89.6 Å². The first-order valence-corrected chi connectivity index (χ1v) is 6.87. The van der Waals surface area contributed by atoms with Gasteiger partial charge in [-0.05, 0) is 36.8 Å². The first-order chi connectivity index (χ1) is 10.6. The molecule has 0 aliphatic heterocycles. The number of aromatic amines is 1. The van der Waals surface area contributed by atoms with E-state index in [9.17, 15) is 4.79 Å². The summed E-state index contributed by atoms with van der Waals surface area (Å²) in [6.07, 6.45) is 1.73. The highest BCUT2D eigenvalue weighted by atomic mass is 16.1. The number of benzene rings is 2. The van der Waals surface area contributed by atoms with Crippen molar-refractivity contribution in [3.8, 4) is 5.69 Å². The number of H-pyrrole nitrogens is 1. The zero-order chi connectivity index (χ0) is 15.3. The number of hydrogen-bond donors (Lipinski definition) is 2. The van der Waals surface area contributed by atoms with Crippen LogP contribution in [0.5, 0.6) is 0 Å². The van der Waals surface area contributed by atoms with Crippen LogP contribution in [0.1, 0.15) is 16.1 Å². The van der Waals surface area contributed by atoms with Crippen LogP contribution in [-0.4, -0.2) is 25.9 Å². The van der Waals surface area contributed by atoms with Crippen molar-refractivity contribution < 1.29 is 4.79 Å². The van der Waals surface area contributed by atoms with Gasteiger partial charge in [0.1, 0.15) is 0 Å². The average molecular weight is 291 g/mol. The molecule has 0 fully saturated rings. The zero-order valence-corrected chi connectivity index (χ0v) is 11.9. The fraction of sp³-hybridized carbons (Fsp3) is 0.0625. The van der Waals surface area contributed by atoms with Gasteiger partial charge in [0.05, 0.1) is 22.9 Å². The maximum absolute atomic E-state index is 11.7. The molecule has 6 heteroatoms. The van der Waals surface area contributed by atoms with Gasteiger partial charge in [0.25, 0.3) is 5.91 Å². The van der Waals surface area contributed by atoms with E-state index in [0.717, 1.165) is 33.1 Å². The molecule has 1 amide bonds. The van der Waals surface area contributed by atoms with Crippen molar-refractivity contribution >= 4 is 27.7 Å². The molecular weight excluding hydrogens is 278 g/mol. The van der Waals surface area contributed by atoms with Gasteiger partial charge < -0.3 is 5.73 Å². The van der Waals surface area contributed by atoms with Crippen LogP contribution in [0.3, 0.4) is 0 Å². The predicted molar refractivity (Wildman–Crippen MR) is 84.0 cm³/mol. The van der Waals surface area contributed by atoms with Gasteiger partial charge in [-0.3, -0.25) is 9.89 Å². The fourth-order valence-electron chi connectivity index (χ4n) is 2.75. The highest BCUT2D eigenvalue weighted by molar-refractivity contribution is 6.12. The summed E-state index contributed by atoms with van der Waals surface area (Å²) in [6, 6.07) is 11.6. The minimum absolute atomic E-state index is 0.264. The van der Waals surface area contributed by atoms with Gasteiger partial charge in [0.2, 0.25) is 0 Å². The van der Waals surface area contributed by atoms with Gasteiger partial charge in [0.15, 0.2) is 5.69 Å². The second-order valence-electron chi connectivity index (χ2n) is 5.26. The molecule has 6 nitrogen and oxygen atoms in total. The van der Waals surface area contributed by atoms with E-state index in [0.29, 0.717) is 0 Å². The number of aromatic nitrogens is 4. The van der Waals surface area contributed by atoms with E-state index >= 15 is 0 Å². The summed E-state index contributed by atoms with van der Waals surface area (Å²) in [4.78, 5) is 11.7. The third-order valence-electron chi connectivity index (χ3n) is 3.74.